The number of rotatable bonds is 8. The second-order valence-corrected chi connectivity index (χ2v) is 9.92. The smallest absolute Gasteiger partial charge is 0.129 e. The molecular weight excluding hydrogens is 422 g/mol. The monoisotopic (exact) mass is 458 g/mol. The molecule has 0 heterocycles. The fourth-order valence-corrected chi connectivity index (χ4v) is 5.40. The molecule has 1 aliphatic rings. The number of hydrogen-bond acceptors (Lipinski definition) is 0. The molecule has 178 valence electrons. The molecule has 0 amide bonds. The predicted molar refractivity (Wildman–Crippen MR) is 139 cm³/mol. The van der Waals surface area contributed by atoms with E-state index in [4.69, 9.17) is 0 Å². The van der Waals surface area contributed by atoms with Gasteiger partial charge in [0, 0.05) is 5.56 Å². The average molecular weight is 459 g/mol. The summed E-state index contributed by atoms with van der Waals surface area (Å²) >= 11 is 0. The van der Waals surface area contributed by atoms with E-state index in [1.165, 1.54) is 56.2 Å². The third-order valence-corrected chi connectivity index (χ3v) is 7.56. The van der Waals surface area contributed by atoms with Gasteiger partial charge in [-0.25, -0.2) is 8.78 Å². The lowest BCUT2D eigenvalue weighted by atomic mass is 9.77. The first kappa shape index (κ1) is 24.4. The summed E-state index contributed by atoms with van der Waals surface area (Å²) < 4.78 is 29.9. The van der Waals surface area contributed by atoms with Gasteiger partial charge in [-0.3, -0.25) is 0 Å². The van der Waals surface area contributed by atoms with Crippen molar-refractivity contribution < 1.29 is 8.78 Å². The first-order valence-corrected chi connectivity index (χ1v) is 12.8. The topological polar surface area (TPSA) is 0 Å². The number of hydrogen-bond donors (Lipinski definition) is 0. The van der Waals surface area contributed by atoms with Crippen molar-refractivity contribution in [1.82, 2.24) is 0 Å². The molecular formula is C32H36F2. The van der Waals surface area contributed by atoms with E-state index in [0.717, 1.165) is 17.0 Å². The maximum absolute atomic E-state index is 14.9. The molecule has 0 N–H and O–H groups in total. The van der Waals surface area contributed by atoms with Crippen LogP contribution >= 0.6 is 0 Å². The molecule has 1 unspecified atom stereocenters. The predicted octanol–water partition coefficient (Wildman–Crippen LogP) is 9.61. The SMILES string of the molecule is C/C=C/CCC1CCC(c2ccc(-c3cc(F)c(CC(C)c4ccccc4)c(F)c3)cc2)CC1. The minimum absolute atomic E-state index is 0.0496. The average Bonchev–Trinajstić information content (AvgIpc) is 2.87. The summed E-state index contributed by atoms with van der Waals surface area (Å²) in [7, 11) is 0. The van der Waals surface area contributed by atoms with Gasteiger partial charge in [-0.2, -0.15) is 0 Å². The standard InChI is InChI=1S/C32H36F2/c1-3-4-6-9-24-12-14-26(15-13-24)27-16-18-28(19-17-27)29-21-31(33)30(32(34)22-29)20-23(2)25-10-7-5-8-11-25/h3-5,7-8,10-11,16-19,21-24,26H,6,9,12-15,20H2,1-2H3/b4-3+. The minimum Gasteiger partial charge on any atom is -0.207 e. The van der Waals surface area contributed by atoms with Crippen LogP contribution < -0.4 is 0 Å². The molecule has 1 aliphatic carbocycles. The first-order chi connectivity index (χ1) is 16.5. The summed E-state index contributed by atoms with van der Waals surface area (Å²) in [5.41, 5.74) is 4.08. The van der Waals surface area contributed by atoms with Gasteiger partial charge in [-0.05, 0) is 104 Å². The Morgan fingerprint density at radius 1 is 0.853 bits per heavy atom. The molecule has 0 saturated heterocycles. The van der Waals surface area contributed by atoms with Crippen LogP contribution in [0.5, 0.6) is 0 Å². The van der Waals surface area contributed by atoms with Crippen LogP contribution in [0.2, 0.25) is 0 Å². The fraction of sp³-hybridized carbons (Fsp3) is 0.375. The molecule has 4 rings (SSSR count). The Bertz CT molecular complexity index is 1050. The van der Waals surface area contributed by atoms with Crippen LogP contribution in [0.1, 0.15) is 80.9 Å². The van der Waals surface area contributed by atoms with Gasteiger partial charge in [0.25, 0.3) is 0 Å². The van der Waals surface area contributed by atoms with E-state index < -0.39 is 11.6 Å². The molecule has 34 heavy (non-hydrogen) atoms. The molecule has 1 saturated carbocycles. The maximum atomic E-state index is 14.9. The van der Waals surface area contributed by atoms with Crippen molar-refractivity contribution in [3.63, 3.8) is 0 Å². The largest absolute Gasteiger partial charge is 0.207 e. The summed E-state index contributed by atoms with van der Waals surface area (Å²) in [6, 6.07) is 21.2. The molecule has 3 aromatic carbocycles. The summed E-state index contributed by atoms with van der Waals surface area (Å²) in [6.45, 7) is 4.10. The van der Waals surface area contributed by atoms with Gasteiger partial charge in [0.05, 0.1) is 0 Å². The van der Waals surface area contributed by atoms with E-state index in [-0.39, 0.29) is 11.5 Å². The highest BCUT2D eigenvalue weighted by Gasteiger charge is 2.22. The van der Waals surface area contributed by atoms with Crippen molar-refractivity contribution in [2.24, 2.45) is 5.92 Å². The summed E-state index contributed by atoms with van der Waals surface area (Å²) in [6.07, 6.45) is 12.3. The second-order valence-electron chi connectivity index (χ2n) is 9.92. The van der Waals surface area contributed by atoms with Crippen LogP contribution in [0.3, 0.4) is 0 Å². The lowest BCUT2D eigenvalue weighted by molar-refractivity contribution is 0.312. The van der Waals surface area contributed by atoms with Crippen LogP contribution in [-0.4, -0.2) is 0 Å². The Balaban J connectivity index is 1.41. The first-order valence-electron chi connectivity index (χ1n) is 12.8. The molecule has 0 radical (unpaired) electrons. The quantitative estimate of drug-likeness (QED) is 0.295. The van der Waals surface area contributed by atoms with Gasteiger partial charge in [0.2, 0.25) is 0 Å². The Kier molecular flexibility index (Phi) is 8.32. The van der Waals surface area contributed by atoms with E-state index in [2.05, 4.69) is 31.2 Å². The molecule has 0 aliphatic heterocycles. The van der Waals surface area contributed by atoms with E-state index in [1.807, 2.05) is 49.4 Å². The Labute approximate surface area is 203 Å². The zero-order valence-electron chi connectivity index (χ0n) is 20.4. The zero-order chi connectivity index (χ0) is 23.9. The summed E-state index contributed by atoms with van der Waals surface area (Å²) in [5.74, 6) is 0.577. The van der Waals surface area contributed by atoms with Crippen molar-refractivity contribution in [3.8, 4) is 11.1 Å². The highest BCUT2D eigenvalue weighted by molar-refractivity contribution is 5.64. The van der Waals surface area contributed by atoms with Crippen molar-refractivity contribution in [2.45, 2.75) is 70.6 Å². The zero-order valence-corrected chi connectivity index (χ0v) is 20.4. The van der Waals surface area contributed by atoms with Crippen molar-refractivity contribution in [1.29, 1.82) is 0 Å². The third-order valence-electron chi connectivity index (χ3n) is 7.56. The van der Waals surface area contributed by atoms with Crippen molar-refractivity contribution in [3.05, 3.63) is 107 Å². The molecule has 2 heteroatoms. The van der Waals surface area contributed by atoms with E-state index in [1.54, 1.807) is 0 Å². The number of benzene rings is 3. The van der Waals surface area contributed by atoms with Crippen LogP contribution in [0.15, 0.2) is 78.9 Å². The van der Waals surface area contributed by atoms with Crippen LogP contribution in [0, 0.1) is 17.6 Å². The molecule has 1 fully saturated rings. The number of allylic oxidation sites excluding steroid dienone is 2. The minimum atomic E-state index is -0.460. The molecule has 0 bridgehead atoms. The Hall–Kier alpha value is -2.74. The van der Waals surface area contributed by atoms with Gasteiger partial charge >= 0.3 is 0 Å². The van der Waals surface area contributed by atoms with Gasteiger partial charge < -0.3 is 0 Å². The van der Waals surface area contributed by atoms with Crippen molar-refractivity contribution in [2.75, 3.05) is 0 Å². The Morgan fingerprint density at radius 3 is 2.12 bits per heavy atom. The molecule has 1 atom stereocenters. The lowest BCUT2D eigenvalue weighted by Gasteiger charge is -2.28. The van der Waals surface area contributed by atoms with Crippen LogP contribution in [-0.2, 0) is 6.42 Å². The summed E-state index contributed by atoms with van der Waals surface area (Å²) in [5, 5.41) is 0. The van der Waals surface area contributed by atoms with Crippen LogP contribution in [0.25, 0.3) is 11.1 Å². The summed E-state index contributed by atoms with van der Waals surface area (Å²) in [4.78, 5) is 0. The van der Waals surface area contributed by atoms with Crippen molar-refractivity contribution >= 4 is 0 Å². The number of halogens is 2. The lowest BCUT2D eigenvalue weighted by Crippen LogP contribution is -2.13. The molecule has 0 aromatic heterocycles. The Morgan fingerprint density at radius 2 is 1.50 bits per heavy atom. The highest BCUT2D eigenvalue weighted by atomic mass is 19.1. The van der Waals surface area contributed by atoms with Gasteiger partial charge in [0.15, 0.2) is 0 Å². The maximum Gasteiger partial charge on any atom is 0.129 e. The van der Waals surface area contributed by atoms with E-state index in [0.29, 0.717) is 17.9 Å². The normalized spacial score (nSPS) is 19.4. The molecule has 3 aromatic rings. The third kappa shape index (κ3) is 6.03. The second kappa shape index (κ2) is 11.6. The van der Waals surface area contributed by atoms with Crippen LogP contribution in [0.4, 0.5) is 8.78 Å². The van der Waals surface area contributed by atoms with E-state index >= 15 is 0 Å². The van der Waals surface area contributed by atoms with E-state index in [9.17, 15) is 8.78 Å². The molecule has 0 nitrogen and oxygen atoms in total. The van der Waals surface area contributed by atoms with Gasteiger partial charge in [-0.1, -0.05) is 73.7 Å². The fourth-order valence-electron chi connectivity index (χ4n) is 5.40. The van der Waals surface area contributed by atoms with Gasteiger partial charge in [0.1, 0.15) is 11.6 Å². The highest BCUT2D eigenvalue weighted by Crippen LogP contribution is 2.38. The molecule has 0 spiro atoms. The van der Waals surface area contributed by atoms with Gasteiger partial charge in [-0.15, -0.1) is 0 Å².